The van der Waals surface area contributed by atoms with E-state index in [1.807, 2.05) is 74.5 Å². The molecular weight excluding hydrogens is 466 g/mol. The molecule has 1 heterocycles. The quantitative estimate of drug-likeness (QED) is 0.352. The number of benzene rings is 3. The van der Waals surface area contributed by atoms with Gasteiger partial charge in [-0.2, -0.15) is 5.26 Å². The van der Waals surface area contributed by atoms with Gasteiger partial charge in [0.1, 0.15) is 16.7 Å². The normalized spacial score (nSPS) is 16.8. The van der Waals surface area contributed by atoms with Crippen molar-refractivity contribution < 1.29 is 9.59 Å². The van der Waals surface area contributed by atoms with Crippen LogP contribution in [0.4, 0.5) is 11.4 Å². The van der Waals surface area contributed by atoms with Crippen LogP contribution in [0.2, 0.25) is 5.02 Å². The summed E-state index contributed by atoms with van der Waals surface area (Å²) in [6.07, 6.45) is 0.425. The first-order valence-electron chi connectivity index (χ1n) is 10.7. The average Bonchev–Trinajstić information content (AvgIpc) is 3.12. The largest absolute Gasteiger partial charge is 0.321 e. The lowest BCUT2D eigenvalue weighted by atomic mass is 10.1. The van der Waals surface area contributed by atoms with Crippen LogP contribution in [0.15, 0.2) is 83.4 Å². The molecule has 1 atom stereocenters. The number of para-hydroxylation sites is 1. The van der Waals surface area contributed by atoms with Gasteiger partial charge in [0.2, 0.25) is 5.91 Å². The number of carbonyl (C=O) groups is 2. The molecule has 0 aromatic heterocycles. The van der Waals surface area contributed by atoms with E-state index >= 15 is 0 Å². The first-order chi connectivity index (χ1) is 16.4. The Morgan fingerprint density at radius 1 is 1.09 bits per heavy atom. The molecule has 1 N–H and O–H groups in total. The highest BCUT2D eigenvalue weighted by atomic mass is 35.5. The predicted octanol–water partition coefficient (Wildman–Crippen LogP) is 6.02. The van der Waals surface area contributed by atoms with E-state index in [1.165, 1.54) is 16.7 Å². The SMILES string of the molecule is Cc1ccc(C)c(NC(=O)/C(C#N)=C2\S[C@H](Cc3cccc(Cl)c3)C(=O)N2c2ccccc2)c1. The van der Waals surface area contributed by atoms with Crippen LogP contribution in [0.5, 0.6) is 0 Å². The molecule has 1 saturated heterocycles. The van der Waals surface area contributed by atoms with Gasteiger partial charge in [0.05, 0.1) is 5.25 Å². The number of nitrogens with zero attached hydrogens (tertiary/aromatic N) is 2. The first kappa shape index (κ1) is 23.6. The summed E-state index contributed by atoms with van der Waals surface area (Å²) in [6, 6.07) is 24.2. The maximum Gasteiger partial charge on any atom is 0.269 e. The minimum Gasteiger partial charge on any atom is -0.321 e. The van der Waals surface area contributed by atoms with Gasteiger partial charge in [-0.05, 0) is 67.3 Å². The van der Waals surface area contributed by atoms with E-state index in [0.717, 1.165) is 16.7 Å². The van der Waals surface area contributed by atoms with E-state index in [4.69, 9.17) is 11.6 Å². The van der Waals surface area contributed by atoms with Crippen molar-refractivity contribution in [1.82, 2.24) is 0 Å². The minimum absolute atomic E-state index is 0.100. The predicted molar refractivity (Wildman–Crippen MR) is 138 cm³/mol. The summed E-state index contributed by atoms with van der Waals surface area (Å²) in [7, 11) is 0. The Balaban J connectivity index is 1.73. The van der Waals surface area contributed by atoms with E-state index in [0.29, 0.717) is 27.8 Å². The van der Waals surface area contributed by atoms with Crippen LogP contribution in [-0.2, 0) is 16.0 Å². The first-order valence-corrected chi connectivity index (χ1v) is 12.0. The summed E-state index contributed by atoms with van der Waals surface area (Å²) in [5, 5.41) is 13.3. The number of nitrogens with one attached hydrogen (secondary N) is 1. The van der Waals surface area contributed by atoms with E-state index in [-0.39, 0.29) is 11.5 Å². The van der Waals surface area contributed by atoms with Gasteiger partial charge in [-0.1, -0.05) is 65.8 Å². The van der Waals surface area contributed by atoms with Gasteiger partial charge in [-0.3, -0.25) is 14.5 Å². The number of aryl methyl sites for hydroxylation is 2. The molecule has 0 aliphatic carbocycles. The number of amides is 2. The molecule has 2 amide bonds. The zero-order chi connectivity index (χ0) is 24.2. The highest BCUT2D eigenvalue weighted by molar-refractivity contribution is 8.05. The van der Waals surface area contributed by atoms with Crippen LogP contribution in [0.1, 0.15) is 16.7 Å². The Morgan fingerprint density at radius 2 is 1.85 bits per heavy atom. The molecule has 3 aromatic carbocycles. The van der Waals surface area contributed by atoms with Gasteiger partial charge >= 0.3 is 0 Å². The molecule has 0 spiro atoms. The van der Waals surface area contributed by atoms with Gasteiger partial charge in [-0.25, -0.2) is 0 Å². The van der Waals surface area contributed by atoms with Crippen molar-refractivity contribution in [2.75, 3.05) is 10.2 Å². The van der Waals surface area contributed by atoms with Crippen molar-refractivity contribution >= 4 is 46.6 Å². The molecule has 1 aliphatic heterocycles. The molecule has 170 valence electrons. The summed E-state index contributed by atoms with van der Waals surface area (Å²) in [5.74, 6) is -0.728. The Labute approximate surface area is 208 Å². The highest BCUT2D eigenvalue weighted by Gasteiger charge is 2.40. The monoisotopic (exact) mass is 487 g/mol. The lowest BCUT2D eigenvalue weighted by molar-refractivity contribution is -0.117. The van der Waals surface area contributed by atoms with Gasteiger partial charge in [-0.15, -0.1) is 0 Å². The molecule has 0 unspecified atom stereocenters. The number of thioether (sulfide) groups is 1. The number of hydrogen-bond donors (Lipinski definition) is 1. The van der Waals surface area contributed by atoms with Crippen molar-refractivity contribution in [3.8, 4) is 6.07 Å². The number of anilines is 2. The Morgan fingerprint density at radius 3 is 2.56 bits per heavy atom. The van der Waals surface area contributed by atoms with Crippen LogP contribution >= 0.6 is 23.4 Å². The number of hydrogen-bond acceptors (Lipinski definition) is 4. The smallest absolute Gasteiger partial charge is 0.269 e. The van der Waals surface area contributed by atoms with Crippen molar-refractivity contribution in [2.45, 2.75) is 25.5 Å². The maximum absolute atomic E-state index is 13.5. The summed E-state index contributed by atoms with van der Waals surface area (Å²) >= 11 is 7.36. The number of halogens is 1. The van der Waals surface area contributed by atoms with Crippen LogP contribution in [-0.4, -0.2) is 17.1 Å². The van der Waals surface area contributed by atoms with E-state index < -0.39 is 11.2 Å². The minimum atomic E-state index is -0.546. The second-order valence-electron chi connectivity index (χ2n) is 8.01. The molecule has 7 heteroatoms. The molecule has 3 aromatic rings. The molecule has 0 radical (unpaired) electrons. The lowest BCUT2D eigenvalue weighted by Gasteiger charge is -2.19. The van der Waals surface area contributed by atoms with Gasteiger partial charge in [0, 0.05) is 16.4 Å². The summed E-state index contributed by atoms with van der Waals surface area (Å²) < 4.78 is 0. The highest BCUT2D eigenvalue weighted by Crippen LogP contribution is 2.42. The molecule has 5 nitrogen and oxygen atoms in total. The van der Waals surface area contributed by atoms with E-state index in [1.54, 1.807) is 18.2 Å². The van der Waals surface area contributed by atoms with E-state index in [2.05, 4.69) is 5.32 Å². The average molecular weight is 488 g/mol. The van der Waals surface area contributed by atoms with Crippen molar-refractivity contribution in [1.29, 1.82) is 5.26 Å². The van der Waals surface area contributed by atoms with Crippen molar-refractivity contribution in [3.05, 3.63) is 105 Å². The second-order valence-corrected chi connectivity index (χ2v) is 9.64. The zero-order valence-corrected chi connectivity index (χ0v) is 20.3. The fourth-order valence-electron chi connectivity index (χ4n) is 3.73. The van der Waals surface area contributed by atoms with Crippen LogP contribution in [0, 0.1) is 25.2 Å². The summed E-state index contributed by atoms with van der Waals surface area (Å²) in [4.78, 5) is 28.2. The molecule has 1 aliphatic rings. The van der Waals surface area contributed by atoms with Crippen LogP contribution < -0.4 is 10.2 Å². The number of nitriles is 1. The standard InChI is InChI=1S/C27H22ClN3O2S/c1-17-11-12-18(2)23(13-17)30-25(32)22(16-29)27-31(21-9-4-3-5-10-21)26(33)24(34-27)15-19-7-6-8-20(28)14-19/h3-14,24H,15H2,1-2H3,(H,30,32)/b27-22-/t24-/m1/s1. The number of carbonyl (C=O) groups excluding carboxylic acids is 2. The molecule has 0 bridgehead atoms. The molecule has 34 heavy (non-hydrogen) atoms. The zero-order valence-electron chi connectivity index (χ0n) is 18.7. The summed E-state index contributed by atoms with van der Waals surface area (Å²) in [6.45, 7) is 3.82. The molecule has 1 fully saturated rings. The lowest BCUT2D eigenvalue weighted by Crippen LogP contribution is -2.30. The topological polar surface area (TPSA) is 73.2 Å². The molecule has 4 rings (SSSR count). The molecular formula is C27H22ClN3O2S. The van der Waals surface area contributed by atoms with Crippen LogP contribution in [0.25, 0.3) is 0 Å². The second kappa shape index (κ2) is 10.2. The van der Waals surface area contributed by atoms with Gasteiger partial charge in [0.25, 0.3) is 5.91 Å². The third-order valence-corrected chi connectivity index (χ3v) is 6.97. The fourth-order valence-corrected chi connectivity index (χ4v) is 5.25. The third-order valence-electron chi connectivity index (χ3n) is 5.47. The van der Waals surface area contributed by atoms with E-state index in [9.17, 15) is 14.9 Å². The summed E-state index contributed by atoms with van der Waals surface area (Å²) in [5.41, 5.74) is 3.92. The molecule has 0 saturated carbocycles. The Bertz CT molecular complexity index is 1330. The fraction of sp³-hybridized carbons (Fsp3) is 0.148. The maximum atomic E-state index is 13.5. The number of rotatable bonds is 5. The Kier molecular flexibility index (Phi) is 7.06. The van der Waals surface area contributed by atoms with Gasteiger partial charge < -0.3 is 5.32 Å². The van der Waals surface area contributed by atoms with Gasteiger partial charge in [0.15, 0.2) is 0 Å². The van der Waals surface area contributed by atoms with Crippen LogP contribution in [0.3, 0.4) is 0 Å². The van der Waals surface area contributed by atoms with Crippen molar-refractivity contribution in [3.63, 3.8) is 0 Å². The third kappa shape index (κ3) is 5.01. The Hall–Kier alpha value is -3.53. The van der Waals surface area contributed by atoms with Crippen molar-refractivity contribution in [2.24, 2.45) is 0 Å².